The molecule has 1 aromatic rings. The van der Waals surface area contributed by atoms with E-state index in [2.05, 4.69) is 38.8 Å². The topological polar surface area (TPSA) is 132 Å². The molecule has 0 amide bonds. The van der Waals surface area contributed by atoms with Gasteiger partial charge in [0.05, 0.1) is 12.8 Å². The fourth-order valence-electron chi connectivity index (χ4n) is 3.13. The van der Waals surface area contributed by atoms with Crippen molar-refractivity contribution in [3.05, 3.63) is 11.9 Å². The van der Waals surface area contributed by atoms with E-state index in [-0.39, 0.29) is 24.1 Å². The van der Waals surface area contributed by atoms with Crippen LogP contribution in [-0.4, -0.2) is 84.0 Å². The standard InChI is InChI=1S/C16H32N4O5SSi.ClH/c1-16(2,3)27(6,7)15-17-8-11(20(15)26(24,25)19(4)5)12-14(23)13(22)10(9-21)18-12;/h8,10,12-14,18,21-23H,9H2,1-7H3;1H/t10-,12+,13+,14-;/m0./s1. The Hall–Kier alpha value is -0.533. The Balaban J connectivity index is 0.00000392. The average Bonchev–Trinajstić information content (AvgIpc) is 3.09. The number of hydrogen-bond donors (Lipinski definition) is 4. The zero-order valence-corrected chi connectivity index (χ0v) is 20.0. The van der Waals surface area contributed by atoms with Crippen LogP contribution in [0.4, 0.5) is 0 Å². The molecular weight excluding hydrogens is 424 g/mol. The fourth-order valence-corrected chi connectivity index (χ4v) is 6.89. The number of nitrogens with two attached hydrogens (primary N) is 1. The molecular formula is C16H33ClN4O5SSi. The van der Waals surface area contributed by atoms with E-state index in [0.29, 0.717) is 11.1 Å². The van der Waals surface area contributed by atoms with Crippen molar-refractivity contribution in [2.45, 2.75) is 63.2 Å². The third-order valence-electron chi connectivity index (χ3n) is 6.04. The van der Waals surface area contributed by atoms with Crippen molar-refractivity contribution in [1.82, 2.24) is 13.3 Å². The molecule has 0 spiro atoms. The van der Waals surface area contributed by atoms with E-state index in [1.54, 1.807) is 5.32 Å². The third-order valence-corrected chi connectivity index (χ3v) is 13.2. The highest BCUT2D eigenvalue weighted by Gasteiger charge is 2.50. The fraction of sp³-hybridized carbons (Fsp3) is 0.812. The maximum atomic E-state index is 13.2. The number of aliphatic hydroxyl groups is 3. The summed E-state index contributed by atoms with van der Waals surface area (Å²) in [5.74, 6) is 0. The number of quaternary nitrogens is 1. The molecule has 1 saturated heterocycles. The highest BCUT2D eigenvalue weighted by atomic mass is 35.5. The molecule has 0 unspecified atom stereocenters. The minimum absolute atomic E-state index is 0. The zero-order valence-electron chi connectivity index (χ0n) is 17.5. The molecule has 12 heteroatoms. The monoisotopic (exact) mass is 456 g/mol. The first-order chi connectivity index (χ1) is 12.2. The summed E-state index contributed by atoms with van der Waals surface area (Å²) in [7, 11) is -3.32. The second kappa shape index (κ2) is 8.30. The number of aliphatic hydroxyl groups excluding tert-OH is 3. The number of aromatic nitrogens is 2. The molecule has 28 heavy (non-hydrogen) atoms. The van der Waals surface area contributed by atoms with Gasteiger partial charge in [0, 0.05) is 14.1 Å². The van der Waals surface area contributed by atoms with Crippen LogP contribution in [0.3, 0.4) is 0 Å². The van der Waals surface area contributed by atoms with Gasteiger partial charge in [-0.3, -0.25) is 0 Å². The summed E-state index contributed by atoms with van der Waals surface area (Å²) in [6.45, 7) is 10.0. The van der Waals surface area contributed by atoms with Gasteiger partial charge < -0.3 is 33.0 Å². The van der Waals surface area contributed by atoms with E-state index in [4.69, 9.17) is 0 Å². The number of rotatable bonds is 5. The Morgan fingerprint density at radius 1 is 1.25 bits per heavy atom. The van der Waals surface area contributed by atoms with Gasteiger partial charge in [0.25, 0.3) is 0 Å². The lowest BCUT2D eigenvalue weighted by molar-refractivity contribution is -0.714. The molecule has 1 fully saturated rings. The van der Waals surface area contributed by atoms with E-state index in [0.717, 1.165) is 4.31 Å². The third kappa shape index (κ3) is 4.04. The molecule has 5 N–H and O–H groups in total. The predicted octanol–water partition coefficient (Wildman–Crippen LogP) is -5.04. The Labute approximate surface area is 174 Å². The first-order valence-corrected chi connectivity index (χ1v) is 13.4. The average molecular weight is 457 g/mol. The number of nitrogens with zero attached hydrogens (tertiary/aromatic N) is 3. The van der Waals surface area contributed by atoms with E-state index >= 15 is 0 Å². The van der Waals surface area contributed by atoms with Crippen LogP contribution in [0.2, 0.25) is 18.1 Å². The van der Waals surface area contributed by atoms with Gasteiger partial charge in [0.1, 0.15) is 37.5 Å². The summed E-state index contributed by atoms with van der Waals surface area (Å²) >= 11 is 0. The van der Waals surface area contributed by atoms with Crippen molar-refractivity contribution < 1.29 is 41.5 Å². The van der Waals surface area contributed by atoms with E-state index < -0.39 is 42.6 Å². The van der Waals surface area contributed by atoms with Crippen LogP contribution in [0.25, 0.3) is 0 Å². The van der Waals surface area contributed by atoms with Gasteiger partial charge in [0.2, 0.25) is 0 Å². The molecule has 0 aliphatic carbocycles. The Morgan fingerprint density at radius 3 is 2.18 bits per heavy atom. The van der Waals surface area contributed by atoms with Crippen LogP contribution in [0, 0.1) is 0 Å². The molecule has 2 rings (SSSR count). The molecule has 164 valence electrons. The second-order valence-corrected chi connectivity index (χ2v) is 16.2. The second-order valence-electron chi connectivity index (χ2n) is 8.98. The first kappa shape index (κ1) is 25.5. The summed E-state index contributed by atoms with van der Waals surface area (Å²) in [6.07, 6.45) is -0.878. The van der Waals surface area contributed by atoms with Gasteiger partial charge in [-0.1, -0.05) is 33.9 Å². The normalized spacial score (nSPS) is 26.5. The van der Waals surface area contributed by atoms with Gasteiger partial charge in [-0.15, -0.1) is 0 Å². The van der Waals surface area contributed by atoms with Gasteiger partial charge in [-0.25, -0.2) is 8.96 Å². The largest absolute Gasteiger partial charge is 1.00 e. The lowest BCUT2D eigenvalue weighted by atomic mass is 10.1. The van der Waals surface area contributed by atoms with Crippen LogP contribution in [0.1, 0.15) is 32.5 Å². The molecule has 9 nitrogen and oxygen atoms in total. The molecule has 0 radical (unpaired) electrons. The summed E-state index contributed by atoms with van der Waals surface area (Å²) in [4.78, 5) is 4.50. The van der Waals surface area contributed by atoms with Gasteiger partial charge in [0.15, 0.2) is 6.04 Å². The number of imidazole rings is 1. The van der Waals surface area contributed by atoms with Crippen LogP contribution < -0.4 is 23.2 Å². The van der Waals surface area contributed by atoms with Crippen LogP contribution in [0.15, 0.2) is 6.20 Å². The molecule has 4 atom stereocenters. The smallest absolute Gasteiger partial charge is 0.308 e. The molecule has 0 bridgehead atoms. The minimum atomic E-state index is -3.89. The van der Waals surface area contributed by atoms with Crippen molar-refractivity contribution in [3.8, 4) is 0 Å². The zero-order chi connectivity index (χ0) is 20.9. The maximum absolute atomic E-state index is 13.2. The highest BCUT2D eigenvalue weighted by Crippen LogP contribution is 2.36. The minimum Gasteiger partial charge on any atom is -1.00 e. The van der Waals surface area contributed by atoms with Crippen molar-refractivity contribution in [2.24, 2.45) is 0 Å². The summed E-state index contributed by atoms with van der Waals surface area (Å²) in [5, 5.41) is 31.5. The van der Waals surface area contributed by atoms with Crippen LogP contribution >= 0.6 is 0 Å². The summed E-state index contributed by atoms with van der Waals surface area (Å²) in [5.41, 5.74) is 0.812. The van der Waals surface area contributed by atoms with E-state index in [9.17, 15) is 23.7 Å². The lowest BCUT2D eigenvalue weighted by Crippen LogP contribution is -3.00. The molecule has 0 saturated carbocycles. The number of halogens is 1. The van der Waals surface area contributed by atoms with Gasteiger partial charge in [-0.2, -0.15) is 12.7 Å². The van der Waals surface area contributed by atoms with Crippen LogP contribution in [-0.2, 0) is 10.2 Å². The Bertz CT molecular complexity index is 793. The first-order valence-electron chi connectivity index (χ1n) is 9.01. The van der Waals surface area contributed by atoms with Crippen molar-refractivity contribution in [1.29, 1.82) is 0 Å². The van der Waals surface area contributed by atoms with Crippen molar-refractivity contribution >= 4 is 23.7 Å². The lowest BCUT2D eigenvalue weighted by Gasteiger charge is -2.36. The molecule has 0 aromatic carbocycles. The van der Waals surface area contributed by atoms with Crippen molar-refractivity contribution in [2.75, 3.05) is 20.7 Å². The Kier molecular flexibility index (Phi) is 7.56. The molecule has 1 aromatic heterocycles. The summed E-state index contributed by atoms with van der Waals surface area (Å²) < 4.78 is 28.7. The SMILES string of the molecule is CN(C)S(=O)(=O)n1c([C@H]2[NH2+][C@@H](CO)[C@@H](O)[C@H]2O)cnc1[Si](C)(C)C(C)(C)C.[Cl-]. The summed E-state index contributed by atoms with van der Waals surface area (Å²) in [6, 6.07) is -1.36. The number of hydrogen-bond acceptors (Lipinski definition) is 6. The van der Waals surface area contributed by atoms with E-state index in [1.807, 2.05) is 0 Å². The van der Waals surface area contributed by atoms with Gasteiger partial charge in [-0.05, 0) is 5.04 Å². The van der Waals surface area contributed by atoms with Crippen LogP contribution in [0.5, 0.6) is 0 Å². The molecule has 1 aliphatic rings. The maximum Gasteiger partial charge on any atom is 0.308 e. The van der Waals surface area contributed by atoms with Crippen molar-refractivity contribution in [3.63, 3.8) is 0 Å². The Morgan fingerprint density at radius 2 is 1.79 bits per heavy atom. The van der Waals surface area contributed by atoms with E-state index in [1.165, 1.54) is 24.3 Å². The predicted molar refractivity (Wildman–Crippen MR) is 105 cm³/mol. The molecule has 2 heterocycles. The highest BCUT2D eigenvalue weighted by molar-refractivity contribution is 7.87. The quantitative estimate of drug-likeness (QED) is 0.328. The van der Waals surface area contributed by atoms with Gasteiger partial charge >= 0.3 is 10.2 Å². The molecule has 1 aliphatic heterocycles.